The number of carbonyl (C=O) groups excluding carboxylic acids is 1. The minimum absolute atomic E-state index is 0.0815. The van der Waals surface area contributed by atoms with Gasteiger partial charge in [0.2, 0.25) is 0 Å². The lowest BCUT2D eigenvalue weighted by Crippen LogP contribution is -2.34. The number of rotatable bonds is 16. The van der Waals surface area contributed by atoms with Crippen LogP contribution in [0.1, 0.15) is 112 Å². The van der Waals surface area contributed by atoms with Crippen molar-refractivity contribution < 1.29 is 23.9 Å². The number of nitro benzene ring substituents is 1. The third-order valence-corrected chi connectivity index (χ3v) is 6.48. The van der Waals surface area contributed by atoms with Crippen molar-refractivity contribution >= 4 is 11.8 Å². The van der Waals surface area contributed by atoms with Crippen LogP contribution in [-0.4, -0.2) is 43.2 Å². The number of benzene rings is 2. The average molecular weight is 575 g/mol. The molecule has 2 aromatic carbocycles. The van der Waals surface area contributed by atoms with Gasteiger partial charge >= 0.3 is 6.09 Å². The molecule has 0 bridgehead atoms. The Balaban J connectivity index is 0.00000382. The molecular formula is C33H54N2O6. The van der Waals surface area contributed by atoms with E-state index in [1.807, 2.05) is 39.8 Å². The fourth-order valence-corrected chi connectivity index (χ4v) is 4.28. The molecule has 0 radical (unpaired) electrons. The van der Waals surface area contributed by atoms with Crippen LogP contribution in [0.4, 0.5) is 10.5 Å². The SMILES string of the molecule is CC.CC.CCCCCCN(CCCCCC)C(=O)OC(C)c1cc(-c2ccc(OC)c(OC)c2)ccc1[N+](=O)[O-]. The first-order valence-electron chi connectivity index (χ1n) is 15.3. The summed E-state index contributed by atoms with van der Waals surface area (Å²) in [5.41, 5.74) is 1.82. The summed E-state index contributed by atoms with van der Waals surface area (Å²) in [7, 11) is 3.12. The summed E-state index contributed by atoms with van der Waals surface area (Å²) in [5, 5.41) is 11.8. The van der Waals surface area contributed by atoms with E-state index in [9.17, 15) is 14.9 Å². The van der Waals surface area contributed by atoms with Gasteiger partial charge in [-0.2, -0.15) is 0 Å². The van der Waals surface area contributed by atoms with E-state index in [0.29, 0.717) is 30.2 Å². The number of hydrogen-bond donors (Lipinski definition) is 0. The van der Waals surface area contributed by atoms with Crippen LogP contribution >= 0.6 is 0 Å². The monoisotopic (exact) mass is 574 g/mol. The smallest absolute Gasteiger partial charge is 0.410 e. The quantitative estimate of drug-likeness (QED) is 0.113. The van der Waals surface area contributed by atoms with Crippen molar-refractivity contribution in [3.05, 3.63) is 52.1 Å². The van der Waals surface area contributed by atoms with Crippen molar-refractivity contribution in [2.75, 3.05) is 27.3 Å². The second-order valence-electron chi connectivity index (χ2n) is 9.23. The van der Waals surface area contributed by atoms with Crippen molar-refractivity contribution in [2.24, 2.45) is 0 Å². The Labute approximate surface area is 248 Å². The van der Waals surface area contributed by atoms with Crippen LogP contribution in [0.25, 0.3) is 11.1 Å². The maximum Gasteiger partial charge on any atom is 0.410 e. The zero-order valence-electron chi connectivity index (χ0n) is 27.0. The summed E-state index contributed by atoms with van der Waals surface area (Å²) in [6, 6.07) is 10.3. The molecule has 41 heavy (non-hydrogen) atoms. The summed E-state index contributed by atoms with van der Waals surface area (Å²) in [6.07, 6.45) is 7.24. The second-order valence-corrected chi connectivity index (χ2v) is 9.23. The molecule has 1 amide bonds. The lowest BCUT2D eigenvalue weighted by Gasteiger charge is -2.25. The van der Waals surface area contributed by atoms with Crippen LogP contribution in [0.2, 0.25) is 0 Å². The maximum atomic E-state index is 13.1. The molecule has 0 aliphatic heterocycles. The highest BCUT2D eigenvalue weighted by molar-refractivity contribution is 5.71. The number of nitrogens with zero attached hydrogens (tertiary/aromatic N) is 2. The highest BCUT2D eigenvalue weighted by Gasteiger charge is 2.25. The first-order chi connectivity index (χ1) is 19.9. The second kappa shape index (κ2) is 22.4. The van der Waals surface area contributed by atoms with Gasteiger partial charge in [0.05, 0.1) is 24.7 Å². The standard InChI is InChI=1S/C29H42N2O6.2C2H6/c1-6-8-10-12-18-30(19-13-11-9-7-2)29(32)37-22(3)25-20-23(14-16-26(25)31(33)34)24-15-17-27(35-4)28(21-24)36-5;2*1-2/h14-17,20-22H,6-13,18-19H2,1-5H3;2*1-2H3. The molecule has 0 spiro atoms. The Kier molecular flexibility index (Phi) is 20.6. The zero-order valence-corrected chi connectivity index (χ0v) is 27.0. The van der Waals surface area contributed by atoms with Crippen molar-refractivity contribution in [3.8, 4) is 22.6 Å². The summed E-state index contributed by atoms with van der Waals surface area (Å²) in [5.74, 6) is 1.15. The van der Waals surface area contributed by atoms with E-state index in [1.165, 1.54) is 6.07 Å². The van der Waals surface area contributed by atoms with Crippen LogP contribution in [0.15, 0.2) is 36.4 Å². The number of hydrogen-bond acceptors (Lipinski definition) is 6. The van der Waals surface area contributed by atoms with Gasteiger partial charge in [-0.3, -0.25) is 10.1 Å². The molecule has 0 N–H and O–H groups in total. The fraction of sp³-hybridized carbons (Fsp3) is 0.606. The molecule has 1 unspecified atom stereocenters. The number of unbranched alkanes of at least 4 members (excludes halogenated alkanes) is 6. The fourth-order valence-electron chi connectivity index (χ4n) is 4.28. The first kappa shape index (κ1) is 37.7. The van der Waals surface area contributed by atoms with E-state index in [-0.39, 0.29) is 5.69 Å². The van der Waals surface area contributed by atoms with Gasteiger partial charge in [0.1, 0.15) is 6.10 Å². The molecular weight excluding hydrogens is 520 g/mol. The summed E-state index contributed by atoms with van der Waals surface area (Å²) in [6.45, 7) is 15.3. The van der Waals surface area contributed by atoms with Crippen LogP contribution < -0.4 is 9.47 Å². The number of nitro groups is 1. The van der Waals surface area contributed by atoms with Gasteiger partial charge in [-0.15, -0.1) is 0 Å². The average Bonchev–Trinajstić information content (AvgIpc) is 3.01. The highest BCUT2D eigenvalue weighted by atomic mass is 16.6. The van der Waals surface area contributed by atoms with Gasteiger partial charge in [0, 0.05) is 19.2 Å². The summed E-state index contributed by atoms with van der Waals surface area (Å²) in [4.78, 5) is 26.3. The number of amides is 1. The predicted octanol–water partition coefficient (Wildman–Crippen LogP) is 9.99. The molecule has 0 fully saturated rings. The van der Waals surface area contributed by atoms with E-state index in [4.69, 9.17) is 14.2 Å². The molecule has 1 atom stereocenters. The third-order valence-electron chi connectivity index (χ3n) is 6.48. The Morgan fingerprint density at radius 3 is 1.80 bits per heavy atom. The van der Waals surface area contributed by atoms with Gasteiger partial charge in [-0.25, -0.2) is 4.79 Å². The van der Waals surface area contributed by atoms with Gasteiger partial charge in [0.15, 0.2) is 11.5 Å². The molecule has 0 aromatic heterocycles. The lowest BCUT2D eigenvalue weighted by molar-refractivity contribution is -0.386. The summed E-state index contributed by atoms with van der Waals surface area (Å²) >= 11 is 0. The molecule has 0 saturated heterocycles. The molecule has 0 aliphatic rings. The van der Waals surface area contributed by atoms with E-state index in [0.717, 1.165) is 62.5 Å². The van der Waals surface area contributed by atoms with Crippen LogP contribution in [-0.2, 0) is 4.74 Å². The number of carbonyl (C=O) groups is 1. The molecule has 0 aliphatic carbocycles. The zero-order chi connectivity index (χ0) is 31.2. The minimum Gasteiger partial charge on any atom is -0.493 e. The van der Waals surface area contributed by atoms with Crippen molar-refractivity contribution in [2.45, 2.75) is 106 Å². The van der Waals surface area contributed by atoms with Crippen LogP contribution in [0.3, 0.4) is 0 Å². The Hall–Kier alpha value is -3.29. The molecule has 2 aromatic rings. The van der Waals surface area contributed by atoms with Gasteiger partial charge in [-0.05, 0) is 55.2 Å². The van der Waals surface area contributed by atoms with E-state index in [2.05, 4.69) is 13.8 Å². The Morgan fingerprint density at radius 2 is 1.32 bits per heavy atom. The Bertz CT molecular complexity index is 999. The third kappa shape index (κ3) is 12.8. The van der Waals surface area contributed by atoms with Gasteiger partial charge < -0.3 is 19.1 Å². The lowest BCUT2D eigenvalue weighted by atomic mass is 9.99. The van der Waals surface area contributed by atoms with E-state index < -0.39 is 17.1 Å². The van der Waals surface area contributed by atoms with Crippen molar-refractivity contribution in [1.29, 1.82) is 0 Å². The van der Waals surface area contributed by atoms with E-state index >= 15 is 0 Å². The number of ether oxygens (including phenoxy) is 3. The van der Waals surface area contributed by atoms with Crippen molar-refractivity contribution in [3.63, 3.8) is 0 Å². The predicted molar refractivity (Wildman–Crippen MR) is 169 cm³/mol. The minimum atomic E-state index is -0.790. The molecule has 0 saturated carbocycles. The molecule has 8 heteroatoms. The molecule has 2 rings (SSSR count). The van der Waals surface area contributed by atoms with Crippen molar-refractivity contribution in [1.82, 2.24) is 4.90 Å². The highest BCUT2D eigenvalue weighted by Crippen LogP contribution is 2.36. The molecule has 8 nitrogen and oxygen atoms in total. The molecule has 232 valence electrons. The first-order valence-corrected chi connectivity index (χ1v) is 15.3. The number of methoxy groups -OCH3 is 2. The summed E-state index contributed by atoms with van der Waals surface area (Å²) < 4.78 is 16.5. The van der Waals surface area contributed by atoms with E-state index in [1.54, 1.807) is 44.2 Å². The van der Waals surface area contributed by atoms with Crippen LogP contribution in [0.5, 0.6) is 11.5 Å². The maximum absolute atomic E-state index is 13.1. The van der Waals surface area contributed by atoms with Gasteiger partial charge in [-0.1, -0.05) is 86.1 Å². The normalized spacial score (nSPS) is 10.8. The molecule has 0 heterocycles. The van der Waals surface area contributed by atoms with Gasteiger partial charge in [0.25, 0.3) is 5.69 Å². The Morgan fingerprint density at radius 1 is 0.805 bits per heavy atom. The topological polar surface area (TPSA) is 91.1 Å². The largest absolute Gasteiger partial charge is 0.493 e. The van der Waals surface area contributed by atoms with Crippen LogP contribution in [0, 0.1) is 10.1 Å².